The Hall–Kier alpha value is -0.560. The summed E-state index contributed by atoms with van der Waals surface area (Å²) in [5, 5.41) is 0. The molecule has 154 valence electrons. The minimum atomic E-state index is -4.00. The van der Waals surface area contributed by atoms with E-state index in [0.717, 1.165) is 19.3 Å². The first-order chi connectivity index (χ1) is 12.1. The number of hydrogen-bond donors (Lipinski definition) is 1. The second-order valence-electron chi connectivity index (χ2n) is 7.20. The van der Waals surface area contributed by atoms with Gasteiger partial charge in [0.1, 0.15) is 26.3 Å². The van der Waals surface area contributed by atoms with Crippen molar-refractivity contribution in [3.8, 4) is 0 Å². The fourth-order valence-electron chi connectivity index (χ4n) is 2.12. The van der Waals surface area contributed by atoms with Crippen molar-refractivity contribution in [3.63, 3.8) is 0 Å². The summed E-state index contributed by atoms with van der Waals surface area (Å²) in [6, 6.07) is 0. The van der Waals surface area contributed by atoms with Crippen molar-refractivity contribution in [3.05, 3.63) is 12.2 Å². The molecule has 8 heteroatoms. The van der Waals surface area contributed by atoms with Gasteiger partial charge in [0, 0.05) is 5.57 Å². The van der Waals surface area contributed by atoms with Crippen LogP contribution in [0, 0.1) is 0 Å². The minimum Gasteiger partial charge on any atom is -0.606 e. The number of ether oxygens (including phenoxy) is 1. The molecule has 0 saturated carbocycles. The lowest BCUT2D eigenvalue weighted by molar-refractivity contribution is -0.890. The first kappa shape index (κ1) is 25.4. The third kappa shape index (κ3) is 14.6. The van der Waals surface area contributed by atoms with Gasteiger partial charge in [-0.05, 0) is 13.3 Å². The van der Waals surface area contributed by atoms with Gasteiger partial charge >= 0.3 is 14.1 Å². The predicted octanol–water partition coefficient (Wildman–Crippen LogP) is 2.61. The van der Waals surface area contributed by atoms with E-state index in [4.69, 9.17) is 13.8 Å². The molecule has 1 N–H and O–H groups in total. The lowest BCUT2D eigenvalue weighted by Crippen LogP contribution is -2.45. The summed E-state index contributed by atoms with van der Waals surface area (Å²) in [5.74, 6) is -0.413. The zero-order chi connectivity index (χ0) is 20.1. The first-order valence-electron chi connectivity index (χ1n) is 9.36. The van der Waals surface area contributed by atoms with Gasteiger partial charge in [0.15, 0.2) is 0 Å². The number of hydrogen-bond acceptors (Lipinski definition) is 6. The highest BCUT2D eigenvalue weighted by molar-refractivity contribution is 7.52. The van der Waals surface area contributed by atoms with Crippen molar-refractivity contribution in [1.82, 2.24) is 0 Å². The molecule has 0 aliphatic rings. The molecular weight excluding hydrogens is 357 g/mol. The van der Waals surface area contributed by atoms with Crippen LogP contribution >= 0.6 is 8.17 Å². The summed E-state index contributed by atoms with van der Waals surface area (Å²) < 4.78 is 15.6. The van der Waals surface area contributed by atoms with Crippen molar-refractivity contribution < 1.29 is 32.8 Å². The van der Waals surface area contributed by atoms with Gasteiger partial charge in [0.2, 0.25) is 0 Å². The molecule has 0 aromatic rings. The molecular formula is C18H37NO6P+. The summed E-state index contributed by atoms with van der Waals surface area (Å²) in [7, 11) is -0.146. The van der Waals surface area contributed by atoms with Gasteiger partial charge in [-0.15, -0.1) is 0 Å². The van der Waals surface area contributed by atoms with Crippen LogP contribution in [0.5, 0.6) is 0 Å². The molecule has 0 radical (unpaired) electrons. The van der Waals surface area contributed by atoms with Crippen LogP contribution in [-0.2, 0) is 18.6 Å². The van der Waals surface area contributed by atoms with Crippen LogP contribution in [-0.4, -0.2) is 62.4 Å². The van der Waals surface area contributed by atoms with Gasteiger partial charge < -0.3 is 14.1 Å². The van der Waals surface area contributed by atoms with Gasteiger partial charge in [-0.2, -0.15) is 13.9 Å². The molecule has 0 aliphatic heterocycles. The Morgan fingerprint density at radius 1 is 1.04 bits per heavy atom. The van der Waals surface area contributed by atoms with Crippen molar-refractivity contribution in [1.29, 1.82) is 0 Å². The van der Waals surface area contributed by atoms with E-state index in [1.165, 1.54) is 19.3 Å². The van der Waals surface area contributed by atoms with Crippen LogP contribution in [0.1, 0.15) is 52.4 Å². The number of rotatable bonds is 16. The second-order valence-corrected chi connectivity index (χ2v) is 8.66. The summed E-state index contributed by atoms with van der Waals surface area (Å²) >= 11 is 0. The molecule has 0 aromatic carbocycles. The largest absolute Gasteiger partial charge is 0.606 e. The third-order valence-corrected chi connectivity index (χ3v) is 5.00. The summed E-state index contributed by atoms with van der Waals surface area (Å²) in [4.78, 5) is 32.9. The molecule has 0 aliphatic carbocycles. The van der Waals surface area contributed by atoms with Gasteiger partial charge in [-0.25, -0.2) is 4.79 Å². The zero-order valence-corrected chi connectivity index (χ0v) is 17.8. The normalized spacial score (nSPS) is 14.1. The fraction of sp³-hybridized carbons (Fsp3) is 0.833. The van der Waals surface area contributed by atoms with Gasteiger partial charge in [0.25, 0.3) is 0 Å². The summed E-state index contributed by atoms with van der Waals surface area (Å²) in [6.07, 6.45) is 6.48. The van der Waals surface area contributed by atoms with E-state index in [0.29, 0.717) is 23.1 Å². The van der Waals surface area contributed by atoms with E-state index in [1.807, 2.05) is 14.1 Å². The summed E-state index contributed by atoms with van der Waals surface area (Å²) in [6.45, 7) is 8.92. The molecule has 1 unspecified atom stereocenters. The Morgan fingerprint density at radius 3 is 2.19 bits per heavy atom. The number of phosphoric acid groups is 1. The molecule has 1 atom stereocenters. The van der Waals surface area contributed by atoms with Crippen LogP contribution in [0.2, 0.25) is 0 Å². The van der Waals surface area contributed by atoms with Crippen LogP contribution in [0.25, 0.3) is 0 Å². The lowest BCUT2D eigenvalue weighted by Gasteiger charge is -2.29. The molecule has 0 bridgehead atoms. The number of nitrogens with zero attached hydrogens (tertiary/aromatic N) is 1. The zero-order valence-electron chi connectivity index (χ0n) is 16.9. The monoisotopic (exact) mass is 394 g/mol. The molecule has 26 heavy (non-hydrogen) atoms. The van der Waals surface area contributed by atoms with E-state index < -0.39 is 14.1 Å². The SMILES string of the molecule is C=C(C)C(=O)OCC[N+](C)(C)CCO[P+]([O-])(O)OCCCCCCCC. The third-order valence-electron chi connectivity index (χ3n) is 3.98. The highest BCUT2D eigenvalue weighted by atomic mass is 31.2. The molecule has 0 heterocycles. The first-order valence-corrected chi connectivity index (χ1v) is 10.9. The quantitative estimate of drug-likeness (QED) is 0.142. The maximum Gasteiger partial charge on any atom is 0.377 e. The Morgan fingerprint density at radius 2 is 1.58 bits per heavy atom. The Labute approximate surface area is 159 Å². The average Bonchev–Trinajstić information content (AvgIpc) is 2.53. The molecule has 7 nitrogen and oxygen atoms in total. The molecule has 0 amide bonds. The minimum absolute atomic E-state index is 0.0890. The predicted molar refractivity (Wildman–Crippen MR) is 102 cm³/mol. The number of carbonyl (C=O) groups excluding carboxylic acids is 1. The fourth-order valence-corrected chi connectivity index (χ4v) is 2.87. The van der Waals surface area contributed by atoms with Crippen LogP contribution in [0.15, 0.2) is 12.2 Å². The van der Waals surface area contributed by atoms with Crippen molar-refractivity contribution >= 4 is 14.1 Å². The second kappa shape index (κ2) is 13.6. The van der Waals surface area contributed by atoms with E-state index >= 15 is 0 Å². The van der Waals surface area contributed by atoms with Crippen LogP contribution in [0.4, 0.5) is 0 Å². The number of phosphoric ester groups is 1. The maximum absolute atomic E-state index is 11.8. The van der Waals surface area contributed by atoms with Crippen molar-refractivity contribution in [2.45, 2.75) is 52.4 Å². The van der Waals surface area contributed by atoms with Crippen molar-refractivity contribution in [2.75, 3.05) is 47.0 Å². The number of quaternary nitrogens is 1. The molecule has 0 fully saturated rings. The Balaban J connectivity index is 3.85. The number of likely N-dealkylation sites (N-methyl/N-ethyl adjacent to an activating group) is 1. The highest BCUT2D eigenvalue weighted by Crippen LogP contribution is 2.47. The standard InChI is InChI=1S/C18H36NO6P/c1-6-7-8-9-10-11-14-24-26(21,22)25-16-13-19(4,5)12-15-23-18(20)17(2)3/h2,6-16H2,1,3-5H3/p+1. The topological polar surface area (TPSA) is 88.1 Å². The lowest BCUT2D eigenvalue weighted by atomic mass is 10.1. The van der Waals surface area contributed by atoms with Crippen LogP contribution < -0.4 is 4.89 Å². The van der Waals surface area contributed by atoms with Crippen LogP contribution in [0.3, 0.4) is 0 Å². The number of unbranched alkanes of at least 4 members (excludes halogenated alkanes) is 5. The van der Waals surface area contributed by atoms with Crippen molar-refractivity contribution in [2.24, 2.45) is 0 Å². The smallest absolute Gasteiger partial charge is 0.377 e. The number of carbonyl (C=O) groups is 1. The average molecular weight is 394 g/mol. The van der Waals surface area contributed by atoms with Gasteiger partial charge in [-0.1, -0.05) is 45.6 Å². The molecule has 0 saturated heterocycles. The van der Waals surface area contributed by atoms with E-state index in [9.17, 15) is 14.6 Å². The van der Waals surface area contributed by atoms with Gasteiger partial charge in [0.05, 0.1) is 20.7 Å². The van der Waals surface area contributed by atoms with E-state index in [2.05, 4.69) is 13.5 Å². The summed E-state index contributed by atoms with van der Waals surface area (Å²) in [5.41, 5.74) is 0.363. The van der Waals surface area contributed by atoms with E-state index in [1.54, 1.807) is 6.92 Å². The Bertz CT molecular complexity index is 414. The molecule has 0 rings (SSSR count). The molecule has 0 aromatic heterocycles. The molecule has 0 spiro atoms. The van der Waals surface area contributed by atoms with Gasteiger partial charge in [-0.3, -0.25) is 0 Å². The number of esters is 1. The Kier molecular flexibility index (Phi) is 13.3. The van der Waals surface area contributed by atoms with E-state index in [-0.39, 0.29) is 19.8 Å². The maximum atomic E-state index is 11.8. The highest BCUT2D eigenvalue weighted by Gasteiger charge is 2.28.